The van der Waals surface area contributed by atoms with E-state index in [1.54, 1.807) is 0 Å². The molecule has 16 nitrogen and oxygen atoms in total. The number of hydrogen-bond donors (Lipinski definition) is 5. The zero-order chi connectivity index (χ0) is 21.7. The lowest BCUT2D eigenvalue weighted by Gasteiger charge is -2.46. The first-order valence-electron chi connectivity index (χ1n) is 8.60. The Hall–Kier alpha value is -2.35. The van der Waals surface area contributed by atoms with Crippen LogP contribution in [0.2, 0.25) is 0 Å². The molecule has 16 heteroatoms. The number of aliphatic hydroxyl groups excluding tert-OH is 5. The van der Waals surface area contributed by atoms with Crippen LogP contribution in [0.1, 0.15) is 13.3 Å². The third-order valence-corrected chi connectivity index (χ3v) is 4.90. The number of azide groups is 3. The smallest absolute Gasteiger partial charge is 0.169 e. The fraction of sp³-hybridized carbons (Fsp3) is 1.00. The van der Waals surface area contributed by atoms with E-state index in [2.05, 4.69) is 30.1 Å². The summed E-state index contributed by atoms with van der Waals surface area (Å²) < 4.78 is 11.0. The first-order chi connectivity index (χ1) is 13.8. The van der Waals surface area contributed by atoms with Crippen molar-refractivity contribution >= 4 is 0 Å². The molecule has 7 unspecified atom stereocenters. The zero-order valence-electron chi connectivity index (χ0n) is 15.1. The number of nitrogens with zero attached hydrogens (tertiary/aromatic N) is 9. The molecule has 2 aliphatic rings. The maximum absolute atomic E-state index is 10.4. The third kappa shape index (κ3) is 4.80. The minimum Gasteiger partial charge on any atom is -0.391 e. The molecule has 2 fully saturated rings. The van der Waals surface area contributed by atoms with Crippen molar-refractivity contribution in [2.45, 2.75) is 80.5 Å². The number of hydrogen-bond acceptors (Lipinski definition) is 10. The van der Waals surface area contributed by atoms with Gasteiger partial charge in [0.2, 0.25) is 0 Å². The largest absolute Gasteiger partial charge is 0.391 e. The van der Waals surface area contributed by atoms with Crippen LogP contribution < -0.4 is 0 Å². The molecule has 160 valence electrons. The fourth-order valence-electron chi connectivity index (χ4n) is 3.42. The summed E-state index contributed by atoms with van der Waals surface area (Å²) in [6.07, 6.45) is -12.2. The van der Waals surface area contributed by atoms with Gasteiger partial charge in [0.1, 0.15) is 24.4 Å². The normalized spacial score (nSPS) is 43.2. The highest BCUT2D eigenvalue weighted by molar-refractivity contribution is 5.02. The van der Waals surface area contributed by atoms with Crippen molar-refractivity contribution in [3.05, 3.63) is 31.3 Å². The van der Waals surface area contributed by atoms with Crippen LogP contribution in [0.5, 0.6) is 0 Å². The van der Waals surface area contributed by atoms with Gasteiger partial charge in [0, 0.05) is 14.7 Å². The molecule has 0 bridgehead atoms. The van der Waals surface area contributed by atoms with E-state index in [4.69, 9.17) is 26.1 Å². The third-order valence-electron chi connectivity index (χ3n) is 4.90. The monoisotopic (exact) mass is 415 g/mol. The van der Waals surface area contributed by atoms with Gasteiger partial charge in [0.25, 0.3) is 0 Å². The number of aliphatic hydroxyl groups is 5. The van der Waals surface area contributed by atoms with Crippen LogP contribution in [-0.4, -0.2) is 92.7 Å². The molecule has 11 atom stereocenters. The average molecular weight is 415 g/mol. The second-order valence-electron chi connectivity index (χ2n) is 6.75. The lowest BCUT2D eigenvalue weighted by Crippen LogP contribution is -2.63. The van der Waals surface area contributed by atoms with Crippen molar-refractivity contribution in [1.82, 2.24) is 0 Å². The standard InChI is InChI=1S/C13H21N9O7/c1-3(23)11-10(27)8(25)6(19-22-16)13(28-11)29-12-5(18-21-15)2-4(17-20-14)7(24)9(12)26/h3-13,23-27H,2H2,1H3/t3?,4-,5?,6?,7?,8?,9?,10+,11?,12-,13-/m1/s1. The highest BCUT2D eigenvalue weighted by atomic mass is 16.7. The summed E-state index contributed by atoms with van der Waals surface area (Å²) in [5.74, 6) is 0. The molecule has 29 heavy (non-hydrogen) atoms. The minimum absolute atomic E-state index is 0.166. The summed E-state index contributed by atoms with van der Waals surface area (Å²) >= 11 is 0. The van der Waals surface area contributed by atoms with Gasteiger partial charge in [-0.2, -0.15) is 0 Å². The van der Waals surface area contributed by atoms with Crippen molar-refractivity contribution in [2.75, 3.05) is 0 Å². The molecule has 0 aromatic carbocycles. The van der Waals surface area contributed by atoms with Crippen molar-refractivity contribution in [3.8, 4) is 0 Å². The Labute approximate surface area is 163 Å². The molecule has 1 aliphatic heterocycles. The SMILES string of the molecule is CC(O)C1O[C@H](O[C@@H]2C(N=[N+]=[N-])C[C@@H](N=[N+]=[N-])C(O)C2O)C(N=[N+]=[N-])C(O)[C@@H]1O. The van der Waals surface area contributed by atoms with Gasteiger partial charge in [0.05, 0.1) is 36.5 Å². The Bertz CT molecular complexity index is 721. The van der Waals surface area contributed by atoms with Gasteiger partial charge in [-0.05, 0) is 29.9 Å². The highest BCUT2D eigenvalue weighted by Gasteiger charge is 2.50. The summed E-state index contributed by atoms with van der Waals surface area (Å²) in [7, 11) is 0. The summed E-state index contributed by atoms with van der Waals surface area (Å²) in [5.41, 5.74) is 26.1. The molecule has 0 radical (unpaired) electrons. The molecule has 0 spiro atoms. The Morgan fingerprint density at radius 2 is 1.48 bits per heavy atom. The van der Waals surface area contributed by atoms with Crippen LogP contribution in [0.25, 0.3) is 31.3 Å². The number of rotatable bonds is 6. The maximum atomic E-state index is 10.4. The first kappa shape index (κ1) is 22.9. The van der Waals surface area contributed by atoms with Crippen molar-refractivity contribution < 1.29 is 35.0 Å². The Balaban J connectivity index is 2.34. The lowest BCUT2D eigenvalue weighted by molar-refractivity contribution is -0.301. The predicted octanol–water partition coefficient (Wildman–Crippen LogP) is -0.639. The van der Waals surface area contributed by atoms with Crippen LogP contribution in [0.15, 0.2) is 15.3 Å². The van der Waals surface area contributed by atoms with E-state index < -0.39 is 67.1 Å². The summed E-state index contributed by atoms with van der Waals surface area (Å²) in [4.78, 5) is 7.79. The summed E-state index contributed by atoms with van der Waals surface area (Å²) in [6, 6.07) is -3.68. The quantitative estimate of drug-likeness (QED) is 0.212. The van der Waals surface area contributed by atoms with Gasteiger partial charge in [0.15, 0.2) is 6.29 Å². The van der Waals surface area contributed by atoms with Gasteiger partial charge in [-0.15, -0.1) is 0 Å². The second kappa shape index (κ2) is 9.91. The zero-order valence-corrected chi connectivity index (χ0v) is 15.1. The van der Waals surface area contributed by atoms with Gasteiger partial charge < -0.3 is 35.0 Å². The molecular weight excluding hydrogens is 394 g/mol. The molecule has 0 amide bonds. The molecular formula is C13H21N9O7. The summed E-state index contributed by atoms with van der Waals surface area (Å²) in [5, 5.41) is 60.9. The molecule has 1 heterocycles. The van der Waals surface area contributed by atoms with E-state index in [0.29, 0.717) is 0 Å². The predicted molar refractivity (Wildman–Crippen MR) is 92.7 cm³/mol. The Kier molecular flexibility index (Phi) is 7.84. The van der Waals surface area contributed by atoms with E-state index in [1.165, 1.54) is 6.92 Å². The van der Waals surface area contributed by atoms with E-state index in [1.807, 2.05) is 0 Å². The maximum Gasteiger partial charge on any atom is 0.169 e. The van der Waals surface area contributed by atoms with Crippen molar-refractivity contribution in [1.29, 1.82) is 0 Å². The molecule has 0 aromatic heterocycles. The highest BCUT2D eigenvalue weighted by Crippen LogP contribution is 2.33. The van der Waals surface area contributed by atoms with E-state index in [-0.39, 0.29) is 6.42 Å². The van der Waals surface area contributed by atoms with Crippen LogP contribution in [0.3, 0.4) is 0 Å². The minimum atomic E-state index is -1.70. The van der Waals surface area contributed by atoms with E-state index in [0.717, 1.165) is 0 Å². The van der Waals surface area contributed by atoms with Crippen molar-refractivity contribution in [3.63, 3.8) is 0 Å². The molecule has 2 rings (SSSR count). The Morgan fingerprint density at radius 3 is 2.03 bits per heavy atom. The molecule has 0 aromatic rings. The van der Waals surface area contributed by atoms with E-state index >= 15 is 0 Å². The molecule has 1 saturated carbocycles. The lowest BCUT2D eigenvalue weighted by atomic mass is 9.84. The van der Waals surface area contributed by atoms with Gasteiger partial charge in [-0.25, -0.2) is 0 Å². The molecule has 1 aliphatic carbocycles. The number of ether oxygens (including phenoxy) is 2. The van der Waals surface area contributed by atoms with Crippen LogP contribution in [-0.2, 0) is 9.47 Å². The van der Waals surface area contributed by atoms with E-state index in [9.17, 15) is 25.5 Å². The van der Waals surface area contributed by atoms with Crippen LogP contribution in [0, 0.1) is 0 Å². The molecule has 5 N–H and O–H groups in total. The van der Waals surface area contributed by atoms with Gasteiger partial charge >= 0.3 is 0 Å². The van der Waals surface area contributed by atoms with Gasteiger partial charge in [-0.1, -0.05) is 15.3 Å². The first-order valence-corrected chi connectivity index (χ1v) is 8.60. The average Bonchev–Trinajstić information content (AvgIpc) is 2.68. The summed E-state index contributed by atoms with van der Waals surface area (Å²) in [6.45, 7) is 1.29. The topological polar surface area (TPSA) is 266 Å². The Morgan fingerprint density at radius 1 is 0.897 bits per heavy atom. The van der Waals surface area contributed by atoms with Crippen molar-refractivity contribution in [2.24, 2.45) is 15.3 Å². The molecule has 1 saturated heterocycles. The van der Waals surface area contributed by atoms with Gasteiger partial charge in [-0.3, -0.25) is 0 Å². The second-order valence-corrected chi connectivity index (χ2v) is 6.75. The van der Waals surface area contributed by atoms with Crippen LogP contribution in [0.4, 0.5) is 0 Å². The fourth-order valence-corrected chi connectivity index (χ4v) is 3.42. The van der Waals surface area contributed by atoms with Crippen LogP contribution >= 0.6 is 0 Å².